The summed E-state index contributed by atoms with van der Waals surface area (Å²) in [4.78, 5) is 175. The number of imidazole rings is 1. The van der Waals surface area contributed by atoms with Crippen molar-refractivity contribution in [3.8, 4) is 16.9 Å². The number of aryl methyl sites for hydroxylation is 4. The SMILES string of the molecule is CCc1cc(OCCCCN)ccc1-c1ccc(C[C@H](NC(=O)[C@H](CC(=O)O)NC(=O)[C@H](CO)NC(=O)[C@@H](NC(=O)[C@](C)(Cc2ccccc2F)NC(=O)[C@@H](NC(=O)CNC(=O)[C@H](Cc2nn[nH]n2)NC(=O)[C@@H]2CCN(CCc3cnc[nH]3)C2=O)[C@@H](C)O)[C@@H](C)O)C(=O)N[C@@H](CCCc2cc(C)cc(C)c2)C(N)=O)cc1. The summed E-state index contributed by atoms with van der Waals surface area (Å²) in [6, 6.07) is 11.2. The van der Waals surface area contributed by atoms with Gasteiger partial charge in [0.05, 0.1) is 44.7 Å². The largest absolute Gasteiger partial charge is 0.494 e. The predicted octanol–water partition coefficient (Wildman–Crippen LogP) is -1.73. The topological polar surface area (TPSA) is 542 Å². The van der Waals surface area contributed by atoms with Crippen LogP contribution in [0.25, 0.3) is 11.1 Å². The van der Waals surface area contributed by atoms with E-state index in [2.05, 4.69) is 78.4 Å². The highest BCUT2D eigenvalue weighted by Crippen LogP contribution is 2.30. The number of benzene rings is 4. The van der Waals surface area contributed by atoms with Crippen molar-refractivity contribution >= 4 is 70.9 Å². The van der Waals surface area contributed by atoms with Crippen LogP contribution in [-0.2, 0) is 96.1 Å². The molecule has 3 heterocycles. The van der Waals surface area contributed by atoms with Gasteiger partial charge in [-0.05, 0) is 138 Å². The van der Waals surface area contributed by atoms with E-state index in [1.54, 1.807) is 30.5 Å². The quantitative estimate of drug-likeness (QED) is 0.0149. The number of hydrogen-bond acceptors (Lipinski definition) is 21. The number of carboxylic acid groups (broad SMARTS) is 1. The highest BCUT2D eigenvalue weighted by atomic mass is 19.1. The summed E-state index contributed by atoms with van der Waals surface area (Å²) in [6.07, 6.45) is 0.706. The maximum atomic E-state index is 15.5. The second kappa shape index (κ2) is 41.8. The Morgan fingerprint density at radius 1 is 0.730 bits per heavy atom. The van der Waals surface area contributed by atoms with Crippen molar-refractivity contribution in [3.63, 3.8) is 0 Å². The van der Waals surface area contributed by atoms with Crippen LogP contribution < -0.4 is 64.1 Å². The standard InChI is InChI=1S/C75H99FN18O17/c1-7-47-33-51(111-28-11-10-25-77)21-22-52(47)48-19-17-45(18-20-48)32-56(68(104)82-55(65(78)101)16-12-13-46-30-41(2)29-42(3)31-46)84-69(105)58(35-62(99)100)85-70(106)59(39-95)86-71(107)63(43(4)96)88-74(110)75(6,36-49-14-8-9-15-54(49)76)89-72(108)64(44(5)97)87-61(98)38-80-67(103)57(34-60-90-92-93-91-60)83-66(102)53-24-27-94(73(53)109)26-23-50-37-79-40-81-50/h8-9,14-15,17-22,29-31,33,37,40,43-44,53,55-59,63-64,95-97H,7,10-13,16,23-28,32,34-36,38-39,77H2,1-6H3,(H2,78,101)(H,79,81)(H,80,103)(H,82,104)(H,83,102)(H,84,105)(H,85,106)(H,86,107)(H,87,98)(H,88,110)(H,89,108)(H,99,100)(H,90,91,92,93)/t43-,44-,53+,55+,56+,57+,58+,59+,63+,64+,75+/m1/s1. The second-order valence-corrected chi connectivity index (χ2v) is 27.6. The minimum Gasteiger partial charge on any atom is -0.494 e. The van der Waals surface area contributed by atoms with Gasteiger partial charge in [-0.25, -0.2) is 9.37 Å². The smallest absolute Gasteiger partial charge is 0.305 e. The molecule has 0 saturated carbocycles. The fourth-order valence-electron chi connectivity index (χ4n) is 12.6. The molecule has 0 unspecified atom stereocenters. The molecule has 19 N–H and O–H groups in total. The molecule has 4 aromatic carbocycles. The first-order valence-corrected chi connectivity index (χ1v) is 36.4. The third-order valence-corrected chi connectivity index (χ3v) is 18.6. The zero-order valence-electron chi connectivity index (χ0n) is 62.6. The van der Waals surface area contributed by atoms with Gasteiger partial charge in [-0.15, -0.1) is 10.2 Å². The van der Waals surface area contributed by atoms with Crippen molar-refractivity contribution in [1.29, 1.82) is 0 Å². The van der Waals surface area contributed by atoms with Crippen LogP contribution in [0.5, 0.6) is 5.75 Å². The van der Waals surface area contributed by atoms with E-state index < -0.39 is 169 Å². The number of rotatable bonds is 44. The molecule has 1 aliphatic rings. The fourth-order valence-corrected chi connectivity index (χ4v) is 12.6. The Balaban J connectivity index is 1.04. The Kier molecular flexibility index (Phi) is 32.6. The molecule has 0 aliphatic carbocycles. The van der Waals surface area contributed by atoms with Crippen LogP contribution in [-0.4, -0.2) is 226 Å². The molecule has 0 spiro atoms. The number of hydrogen-bond donors (Lipinski definition) is 17. The van der Waals surface area contributed by atoms with Crippen molar-refractivity contribution in [2.24, 2.45) is 17.4 Å². The lowest BCUT2D eigenvalue weighted by Gasteiger charge is -2.34. The number of tetrazole rings is 1. The maximum absolute atomic E-state index is 15.5. The van der Waals surface area contributed by atoms with E-state index in [4.69, 9.17) is 16.2 Å². The number of halogens is 1. The first kappa shape index (κ1) is 86.6. The van der Waals surface area contributed by atoms with Gasteiger partial charge in [-0.1, -0.05) is 90.0 Å². The predicted molar refractivity (Wildman–Crippen MR) is 398 cm³/mol. The Hall–Kier alpha value is -11.6. The number of aliphatic hydroxyl groups excluding tert-OH is 3. The average molecular weight is 1540 g/mol. The minimum atomic E-state index is -2.39. The third kappa shape index (κ3) is 26.0. The number of aliphatic hydroxyl groups is 3. The first-order valence-electron chi connectivity index (χ1n) is 36.4. The number of H-pyrrole nitrogens is 2. The van der Waals surface area contributed by atoms with Crippen molar-refractivity contribution in [2.45, 2.75) is 179 Å². The lowest BCUT2D eigenvalue weighted by molar-refractivity contribution is -0.142. The second-order valence-electron chi connectivity index (χ2n) is 27.6. The number of carbonyl (C=O) groups excluding carboxylic acids is 11. The molecule has 0 bridgehead atoms. The van der Waals surface area contributed by atoms with Gasteiger partial charge in [0, 0.05) is 50.7 Å². The molecular weight excluding hydrogens is 1440 g/mol. The summed E-state index contributed by atoms with van der Waals surface area (Å²) in [5, 5.41) is 77.3. The number of ether oxygens (including phenoxy) is 1. The van der Waals surface area contributed by atoms with Crippen molar-refractivity contribution < 1.29 is 87.1 Å². The first-order chi connectivity index (χ1) is 52.9. The Morgan fingerprint density at radius 2 is 1.39 bits per heavy atom. The van der Waals surface area contributed by atoms with E-state index in [9.17, 15) is 78.0 Å². The molecule has 1 fully saturated rings. The summed E-state index contributed by atoms with van der Waals surface area (Å²) >= 11 is 0. The van der Waals surface area contributed by atoms with E-state index in [1.165, 1.54) is 29.4 Å². The van der Waals surface area contributed by atoms with E-state index in [0.29, 0.717) is 50.1 Å². The van der Waals surface area contributed by atoms with Gasteiger partial charge in [0.2, 0.25) is 65.0 Å². The molecule has 0 radical (unpaired) electrons. The molecule has 111 heavy (non-hydrogen) atoms. The van der Waals surface area contributed by atoms with Gasteiger partial charge in [0.1, 0.15) is 65.3 Å². The van der Waals surface area contributed by atoms with Crippen LogP contribution in [0.1, 0.15) is 111 Å². The molecule has 35 nitrogen and oxygen atoms in total. The van der Waals surface area contributed by atoms with Crippen LogP contribution in [0.15, 0.2) is 97.5 Å². The highest BCUT2D eigenvalue weighted by molar-refractivity contribution is 6.04. The minimum absolute atomic E-state index is 0.0400. The molecular formula is C75H99FN18O17. The summed E-state index contributed by atoms with van der Waals surface area (Å²) in [5.74, 6) is -14.9. The zero-order valence-corrected chi connectivity index (χ0v) is 62.6. The number of carbonyl (C=O) groups is 12. The van der Waals surface area contributed by atoms with Crippen LogP contribution in [0, 0.1) is 25.6 Å². The van der Waals surface area contributed by atoms with Crippen molar-refractivity contribution in [3.05, 3.63) is 148 Å². The van der Waals surface area contributed by atoms with Crippen molar-refractivity contribution in [1.82, 2.24) is 83.3 Å². The number of aromatic nitrogens is 6. The molecule has 11 amide bonds. The molecule has 7 rings (SSSR count). The number of carboxylic acids is 1. The molecule has 36 heteroatoms. The summed E-state index contributed by atoms with van der Waals surface area (Å²) < 4.78 is 21.5. The number of nitrogens with two attached hydrogens (primary N) is 2. The molecule has 2 aromatic heterocycles. The number of nitrogens with one attached hydrogen (secondary N) is 11. The molecule has 6 aromatic rings. The molecule has 11 atom stereocenters. The monoisotopic (exact) mass is 1540 g/mol. The lowest BCUT2D eigenvalue weighted by Crippen LogP contribution is -2.67. The summed E-state index contributed by atoms with van der Waals surface area (Å²) in [6.45, 7) is 8.44. The number of unbranched alkanes of at least 4 members (excludes halogenated alkanes) is 1. The average Bonchev–Trinajstić information content (AvgIpc) is 1.70. The Bertz CT molecular complexity index is 4190. The van der Waals surface area contributed by atoms with E-state index in [-0.39, 0.29) is 50.2 Å². The van der Waals surface area contributed by atoms with Gasteiger partial charge in [-0.3, -0.25) is 57.5 Å². The summed E-state index contributed by atoms with van der Waals surface area (Å²) in [5.41, 5.74) is 15.8. The van der Waals surface area contributed by atoms with Gasteiger partial charge >= 0.3 is 5.97 Å². The Morgan fingerprint density at radius 3 is 2.02 bits per heavy atom. The van der Waals surface area contributed by atoms with E-state index >= 15 is 4.39 Å². The number of primary amides is 1. The summed E-state index contributed by atoms with van der Waals surface area (Å²) in [7, 11) is 0. The maximum Gasteiger partial charge on any atom is 0.305 e. The lowest BCUT2D eigenvalue weighted by atomic mass is 9.90. The number of amides is 11. The van der Waals surface area contributed by atoms with E-state index in [0.717, 1.165) is 78.8 Å². The van der Waals surface area contributed by atoms with Gasteiger partial charge in [0.25, 0.3) is 0 Å². The van der Waals surface area contributed by atoms with Gasteiger partial charge in [-0.2, -0.15) is 5.21 Å². The van der Waals surface area contributed by atoms with Gasteiger partial charge < -0.3 is 94.4 Å². The van der Waals surface area contributed by atoms with Crippen LogP contribution in [0.2, 0.25) is 0 Å². The molecule has 598 valence electrons. The van der Waals surface area contributed by atoms with Crippen LogP contribution >= 0.6 is 0 Å². The number of likely N-dealkylation sites (tertiary alicyclic amines) is 1. The number of aliphatic carboxylic acids is 1. The highest BCUT2D eigenvalue weighted by Gasteiger charge is 2.43. The van der Waals surface area contributed by atoms with Gasteiger partial charge in [0.15, 0.2) is 5.82 Å². The van der Waals surface area contributed by atoms with E-state index in [1.807, 2.05) is 57.2 Å². The zero-order chi connectivity index (χ0) is 81.1. The molecule has 1 saturated heterocycles. The number of nitrogens with zero attached hydrogens (tertiary/aromatic N) is 5. The van der Waals surface area contributed by atoms with Crippen molar-refractivity contribution in [2.75, 3.05) is 39.4 Å². The molecule has 1 aliphatic heterocycles. The normalized spacial score (nSPS) is 15.6. The Labute approximate surface area is 639 Å². The third-order valence-electron chi connectivity index (χ3n) is 18.6. The van der Waals surface area contributed by atoms with Crippen LogP contribution in [0.4, 0.5) is 4.39 Å². The number of aromatic amines is 2. The fraction of sp³-hybridized carbons (Fsp3) is 0.467. The van der Waals surface area contributed by atoms with Crippen LogP contribution in [0.3, 0.4) is 0 Å².